The van der Waals surface area contributed by atoms with Crippen LogP contribution in [-0.4, -0.2) is 21.3 Å². The molecule has 7 nitrogen and oxygen atoms in total. The van der Waals surface area contributed by atoms with Crippen LogP contribution < -0.4 is 10.7 Å². The van der Waals surface area contributed by atoms with Gasteiger partial charge in [-0.05, 0) is 18.2 Å². The number of phenols is 1. The van der Waals surface area contributed by atoms with E-state index in [9.17, 15) is 14.7 Å². The lowest BCUT2D eigenvalue weighted by Crippen LogP contribution is -2.11. The molecule has 0 saturated carbocycles. The molecule has 7 heteroatoms. The van der Waals surface area contributed by atoms with Gasteiger partial charge in [-0.1, -0.05) is 0 Å². The number of phenolic OH excluding ortho intramolecular Hbond substituents is 1. The zero-order valence-electron chi connectivity index (χ0n) is 11.1. The van der Waals surface area contributed by atoms with Crippen LogP contribution in [0.3, 0.4) is 0 Å². The highest BCUT2D eigenvalue weighted by Gasteiger charge is 2.14. The van der Waals surface area contributed by atoms with Crippen molar-refractivity contribution in [3.8, 4) is 16.9 Å². The van der Waals surface area contributed by atoms with Crippen LogP contribution in [0.1, 0.15) is 0 Å². The summed E-state index contributed by atoms with van der Waals surface area (Å²) in [6.07, 6.45) is 2.83. The van der Waals surface area contributed by atoms with Crippen molar-refractivity contribution < 1.29 is 19.4 Å². The summed E-state index contributed by atoms with van der Waals surface area (Å²) in [6, 6.07) is 5.55. The molecule has 0 saturated heterocycles. The lowest BCUT2D eigenvalue weighted by molar-refractivity contribution is 0.210. The summed E-state index contributed by atoms with van der Waals surface area (Å²) >= 11 is 0. The van der Waals surface area contributed by atoms with Crippen molar-refractivity contribution in [1.82, 2.24) is 4.98 Å². The zero-order valence-corrected chi connectivity index (χ0v) is 11.1. The van der Waals surface area contributed by atoms with E-state index in [2.05, 4.69) is 10.3 Å². The van der Waals surface area contributed by atoms with Gasteiger partial charge in [0.05, 0.1) is 22.8 Å². The smallest absolute Gasteiger partial charge is 0.409 e. The average Bonchev–Trinajstić information content (AvgIpc) is 2.48. The molecule has 2 heterocycles. The van der Waals surface area contributed by atoms with Crippen molar-refractivity contribution in [3.05, 3.63) is 53.1 Å². The quantitative estimate of drug-likeness (QED) is 0.670. The maximum absolute atomic E-state index is 12.5. The molecule has 1 amide bonds. The minimum atomic E-state index is -1.30. The number of nitrogens with zero attached hydrogens (tertiary/aromatic N) is 1. The van der Waals surface area contributed by atoms with Crippen molar-refractivity contribution >= 4 is 22.7 Å². The van der Waals surface area contributed by atoms with E-state index in [-0.39, 0.29) is 22.4 Å². The highest BCUT2D eigenvalue weighted by Crippen LogP contribution is 2.30. The number of aromatic hydroxyl groups is 1. The fourth-order valence-electron chi connectivity index (χ4n) is 2.15. The highest BCUT2D eigenvalue weighted by molar-refractivity contribution is 5.92. The largest absolute Gasteiger partial charge is 0.508 e. The summed E-state index contributed by atoms with van der Waals surface area (Å²) in [6.45, 7) is 0. The second kappa shape index (κ2) is 5.21. The van der Waals surface area contributed by atoms with Crippen LogP contribution in [0, 0.1) is 0 Å². The number of nitrogens with one attached hydrogen (secondary N) is 1. The molecule has 0 aliphatic carbocycles. The molecule has 0 bridgehead atoms. The third-order valence-electron chi connectivity index (χ3n) is 3.11. The fraction of sp³-hybridized carbons (Fsp3) is 0. The van der Waals surface area contributed by atoms with E-state index in [1.165, 1.54) is 42.9 Å². The van der Waals surface area contributed by atoms with Crippen LogP contribution in [0.4, 0.5) is 10.5 Å². The molecule has 3 aromatic rings. The SMILES string of the molecule is O=C(O)Nc1cc(O)ccc1-c1coc2cnccc2c1=O. The summed E-state index contributed by atoms with van der Waals surface area (Å²) in [5.74, 6) is -0.123. The van der Waals surface area contributed by atoms with Crippen LogP contribution in [0.15, 0.2) is 52.1 Å². The molecule has 3 rings (SSSR count). The van der Waals surface area contributed by atoms with Crippen LogP contribution in [0.5, 0.6) is 5.75 Å². The molecule has 22 heavy (non-hydrogen) atoms. The predicted octanol–water partition coefficient (Wildman–Crippen LogP) is 2.65. The van der Waals surface area contributed by atoms with E-state index in [1.54, 1.807) is 0 Å². The van der Waals surface area contributed by atoms with E-state index in [0.29, 0.717) is 16.5 Å². The molecule has 0 atom stereocenters. The lowest BCUT2D eigenvalue weighted by Gasteiger charge is -2.09. The maximum atomic E-state index is 12.5. The molecule has 0 aliphatic rings. The van der Waals surface area contributed by atoms with Crippen LogP contribution in [-0.2, 0) is 0 Å². The third-order valence-corrected chi connectivity index (χ3v) is 3.11. The molecule has 0 radical (unpaired) electrons. The number of aromatic nitrogens is 1. The molecule has 0 fully saturated rings. The number of benzene rings is 1. The number of fused-ring (bicyclic) bond motifs is 1. The third kappa shape index (κ3) is 2.35. The zero-order chi connectivity index (χ0) is 15.7. The Morgan fingerprint density at radius 2 is 2.05 bits per heavy atom. The first-order chi connectivity index (χ1) is 10.6. The van der Waals surface area contributed by atoms with Gasteiger partial charge >= 0.3 is 6.09 Å². The first-order valence-electron chi connectivity index (χ1n) is 6.25. The van der Waals surface area contributed by atoms with Crippen molar-refractivity contribution in [2.45, 2.75) is 0 Å². The Morgan fingerprint density at radius 1 is 1.23 bits per heavy atom. The first-order valence-corrected chi connectivity index (χ1v) is 6.25. The van der Waals surface area contributed by atoms with E-state index in [0.717, 1.165) is 0 Å². The van der Waals surface area contributed by atoms with Gasteiger partial charge in [0.1, 0.15) is 12.0 Å². The maximum Gasteiger partial charge on any atom is 0.409 e. The normalized spacial score (nSPS) is 10.5. The summed E-state index contributed by atoms with van der Waals surface area (Å²) in [5.41, 5.74) is 0.605. The number of carboxylic acid groups (broad SMARTS) is 1. The summed E-state index contributed by atoms with van der Waals surface area (Å²) in [7, 11) is 0. The van der Waals surface area contributed by atoms with Gasteiger partial charge in [-0.2, -0.15) is 0 Å². The number of pyridine rings is 1. The van der Waals surface area contributed by atoms with Crippen molar-refractivity contribution in [1.29, 1.82) is 0 Å². The second-order valence-electron chi connectivity index (χ2n) is 4.51. The standard InChI is InChI=1S/C15H10N2O5/c18-8-1-2-9(12(5-8)17-15(20)21)11-7-22-13-6-16-4-3-10(13)14(11)19/h1-7,17-18H,(H,20,21). The second-order valence-corrected chi connectivity index (χ2v) is 4.51. The highest BCUT2D eigenvalue weighted by atomic mass is 16.4. The molecule has 2 aromatic heterocycles. The first kappa shape index (κ1) is 13.6. The minimum Gasteiger partial charge on any atom is -0.508 e. The lowest BCUT2D eigenvalue weighted by atomic mass is 10.0. The average molecular weight is 298 g/mol. The van der Waals surface area contributed by atoms with Gasteiger partial charge in [0.15, 0.2) is 5.58 Å². The van der Waals surface area contributed by atoms with Crippen molar-refractivity contribution in [2.24, 2.45) is 0 Å². The number of hydrogen-bond acceptors (Lipinski definition) is 5. The van der Waals surface area contributed by atoms with Gasteiger partial charge in [0.2, 0.25) is 5.43 Å². The minimum absolute atomic E-state index is 0.0909. The Morgan fingerprint density at radius 3 is 2.82 bits per heavy atom. The Balaban J connectivity index is 2.25. The molecule has 0 spiro atoms. The molecule has 1 aromatic carbocycles. The van der Waals surface area contributed by atoms with E-state index < -0.39 is 6.09 Å². The van der Waals surface area contributed by atoms with Gasteiger partial charge in [0, 0.05) is 17.8 Å². The molecular weight excluding hydrogens is 288 g/mol. The molecule has 0 unspecified atom stereocenters. The van der Waals surface area contributed by atoms with Gasteiger partial charge in [0.25, 0.3) is 0 Å². The molecule has 3 N–H and O–H groups in total. The van der Waals surface area contributed by atoms with E-state index >= 15 is 0 Å². The Kier molecular flexibility index (Phi) is 3.23. The van der Waals surface area contributed by atoms with Crippen LogP contribution in [0.2, 0.25) is 0 Å². The number of anilines is 1. The van der Waals surface area contributed by atoms with Crippen molar-refractivity contribution in [2.75, 3.05) is 5.32 Å². The Hall–Kier alpha value is -3.35. The van der Waals surface area contributed by atoms with Crippen LogP contribution in [0.25, 0.3) is 22.1 Å². The summed E-state index contributed by atoms with van der Waals surface area (Å²) < 4.78 is 5.37. The van der Waals surface area contributed by atoms with E-state index in [4.69, 9.17) is 9.52 Å². The number of hydrogen-bond donors (Lipinski definition) is 3. The van der Waals surface area contributed by atoms with Gasteiger partial charge < -0.3 is 14.6 Å². The number of rotatable bonds is 2. The van der Waals surface area contributed by atoms with Crippen LogP contribution >= 0.6 is 0 Å². The number of amides is 1. The topological polar surface area (TPSA) is 113 Å². The predicted molar refractivity (Wildman–Crippen MR) is 79.0 cm³/mol. The molecule has 0 aliphatic heterocycles. The molecular formula is C15H10N2O5. The fourth-order valence-corrected chi connectivity index (χ4v) is 2.15. The number of carbonyl (C=O) groups is 1. The molecule has 110 valence electrons. The van der Waals surface area contributed by atoms with Crippen molar-refractivity contribution in [3.63, 3.8) is 0 Å². The monoisotopic (exact) mass is 298 g/mol. The van der Waals surface area contributed by atoms with Gasteiger partial charge in [-0.25, -0.2) is 4.79 Å². The summed E-state index contributed by atoms with van der Waals surface area (Å²) in [5, 5.41) is 20.9. The summed E-state index contributed by atoms with van der Waals surface area (Å²) in [4.78, 5) is 27.3. The Labute approximate surface area is 123 Å². The van der Waals surface area contributed by atoms with Gasteiger partial charge in [-0.3, -0.25) is 15.1 Å². The Bertz CT molecular complexity index is 933. The van der Waals surface area contributed by atoms with E-state index in [1.807, 2.05) is 0 Å². The van der Waals surface area contributed by atoms with Gasteiger partial charge in [-0.15, -0.1) is 0 Å².